The molecule has 1 atom stereocenters. The van der Waals surface area contributed by atoms with Crippen LogP contribution in [0, 0.1) is 6.92 Å². The SMILES string of the molecule is COc1ccc(C(=O)N[C@@H](C)c2ccccn2)c(C)c1. The summed E-state index contributed by atoms with van der Waals surface area (Å²) < 4.78 is 5.14. The smallest absolute Gasteiger partial charge is 0.252 e. The van der Waals surface area contributed by atoms with E-state index >= 15 is 0 Å². The van der Waals surface area contributed by atoms with Crippen molar-refractivity contribution in [2.45, 2.75) is 19.9 Å². The molecule has 1 heterocycles. The molecular weight excluding hydrogens is 252 g/mol. The fraction of sp³-hybridized carbons (Fsp3) is 0.250. The number of hydrogen-bond donors (Lipinski definition) is 1. The highest BCUT2D eigenvalue weighted by molar-refractivity contribution is 5.96. The van der Waals surface area contributed by atoms with Gasteiger partial charge in [0.05, 0.1) is 18.8 Å². The van der Waals surface area contributed by atoms with Crippen molar-refractivity contribution >= 4 is 5.91 Å². The number of amides is 1. The maximum Gasteiger partial charge on any atom is 0.252 e. The lowest BCUT2D eigenvalue weighted by Gasteiger charge is -2.14. The first-order valence-corrected chi connectivity index (χ1v) is 6.48. The van der Waals surface area contributed by atoms with Crippen LogP contribution in [0.5, 0.6) is 5.75 Å². The summed E-state index contributed by atoms with van der Waals surface area (Å²) in [6.07, 6.45) is 1.72. The zero-order valence-corrected chi connectivity index (χ0v) is 11.9. The van der Waals surface area contributed by atoms with Crippen molar-refractivity contribution in [2.24, 2.45) is 0 Å². The summed E-state index contributed by atoms with van der Waals surface area (Å²) in [7, 11) is 1.61. The van der Waals surface area contributed by atoms with Crippen molar-refractivity contribution in [3.05, 3.63) is 59.4 Å². The quantitative estimate of drug-likeness (QED) is 0.929. The van der Waals surface area contributed by atoms with Gasteiger partial charge in [-0.2, -0.15) is 0 Å². The predicted molar refractivity (Wildman–Crippen MR) is 77.8 cm³/mol. The highest BCUT2D eigenvalue weighted by Gasteiger charge is 2.14. The van der Waals surface area contributed by atoms with Gasteiger partial charge >= 0.3 is 0 Å². The Kier molecular flexibility index (Phi) is 4.35. The number of methoxy groups -OCH3 is 1. The normalized spacial score (nSPS) is 11.8. The third-order valence-electron chi connectivity index (χ3n) is 3.16. The van der Waals surface area contributed by atoms with E-state index in [1.165, 1.54) is 0 Å². The molecule has 4 nitrogen and oxygen atoms in total. The van der Waals surface area contributed by atoms with Crippen molar-refractivity contribution in [3.8, 4) is 5.75 Å². The average Bonchev–Trinajstić information content (AvgIpc) is 2.47. The highest BCUT2D eigenvalue weighted by Crippen LogP contribution is 2.18. The third kappa shape index (κ3) is 3.15. The Morgan fingerprint density at radius 2 is 2.10 bits per heavy atom. The van der Waals surface area contributed by atoms with E-state index in [0.717, 1.165) is 17.0 Å². The Labute approximate surface area is 118 Å². The highest BCUT2D eigenvalue weighted by atomic mass is 16.5. The van der Waals surface area contributed by atoms with Gasteiger partial charge in [0.25, 0.3) is 5.91 Å². The summed E-state index contributed by atoms with van der Waals surface area (Å²) in [4.78, 5) is 16.5. The number of carbonyl (C=O) groups excluding carboxylic acids is 1. The lowest BCUT2D eigenvalue weighted by atomic mass is 10.1. The van der Waals surface area contributed by atoms with Gasteiger partial charge in [-0.3, -0.25) is 9.78 Å². The fourth-order valence-electron chi connectivity index (χ4n) is 2.00. The topological polar surface area (TPSA) is 51.2 Å². The van der Waals surface area contributed by atoms with Crippen LogP contribution in [-0.2, 0) is 0 Å². The molecule has 2 aromatic rings. The molecule has 1 N–H and O–H groups in total. The molecule has 1 amide bonds. The van der Waals surface area contributed by atoms with Gasteiger partial charge in [-0.05, 0) is 49.7 Å². The van der Waals surface area contributed by atoms with Gasteiger partial charge in [-0.15, -0.1) is 0 Å². The van der Waals surface area contributed by atoms with Gasteiger partial charge in [-0.25, -0.2) is 0 Å². The van der Waals surface area contributed by atoms with Gasteiger partial charge in [0.15, 0.2) is 0 Å². The number of nitrogens with zero attached hydrogens (tertiary/aromatic N) is 1. The van der Waals surface area contributed by atoms with E-state index in [-0.39, 0.29) is 11.9 Å². The van der Waals surface area contributed by atoms with Crippen molar-refractivity contribution in [2.75, 3.05) is 7.11 Å². The Bertz CT molecular complexity index is 597. The molecule has 104 valence electrons. The number of carbonyl (C=O) groups is 1. The van der Waals surface area contributed by atoms with Crippen molar-refractivity contribution in [3.63, 3.8) is 0 Å². The van der Waals surface area contributed by atoms with Crippen LogP contribution in [0.25, 0.3) is 0 Å². The van der Waals surface area contributed by atoms with E-state index < -0.39 is 0 Å². The molecule has 0 saturated carbocycles. The molecule has 0 unspecified atom stereocenters. The molecule has 0 spiro atoms. The van der Waals surface area contributed by atoms with Crippen LogP contribution in [0.15, 0.2) is 42.6 Å². The Morgan fingerprint density at radius 3 is 2.70 bits per heavy atom. The van der Waals surface area contributed by atoms with Crippen LogP contribution in [-0.4, -0.2) is 18.0 Å². The first-order chi connectivity index (χ1) is 9.61. The van der Waals surface area contributed by atoms with Crippen LogP contribution in [0.1, 0.15) is 34.6 Å². The van der Waals surface area contributed by atoms with Crippen molar-refractivity contribution in [1.82, 2.24) is 10.3 Å². The van der Waals surface area contributed by atoms with E-state index in [1.54, 1.807) is 25.4 Å². The summed E-state index contributed by atoms with van der Waals surface area (Å²) >= 11 is 0. The maximum absolute atomic E-state index is 12.3. The molecule has 1 aromatic carbocycles. The molecule has 0 fully saturated rings. The summed E-state index contributed by atoms with van der Waals surface area (Å²) in [6, 6.07) is 10.9. The number of rotatable bonds is 4. The minimum Gasteiger partial charge on any atom is -0.497 e. The van der Waals surface area contributed by atoms with E-state index in [1.807, 2.05) is 38.1 Å². The Hall–Kier alpha value is -2.36. The zero-order valence-electron chi connectivity index (χ0n) is 11.9. The maximum atomic E-state index is 12.3. The molecular formula is C16H18N2O2. The third-order valence-corrected chi connectivity index (χ3v) is 3.16. The lowest BCUT2D eigenvalue weighted by Crippen LogP contribution is -2.27. The molecule has 0 radical (unpaired) electrons. The van der Waals surface area contributed by atoms with Crippen LogP contribution in [0.3, 0.4) is 0 Å². The number of aromatic nitrogens is 1. The second kappa shape index (κ2) is 6.19. The molecule has 2 rings (SSSR count). The molecule has 0 aliphatic heterocycles. The summed E-state index contributed by atoms with van der Waals surface area (Å²) in [6.45, 7) is 3.81. The second-order valence-electron chi connectivity index (χ2n) is 4.63. The van der Waals surface area contributed by atoms with Crippen LogP contribution in [0.4, 0.5) is 0 Å². The number of ether oxygens (including phenoxy) is 1. The van der Waals surface area contributed by atoms with E-state index in [2.05, 4.69) is 10.3 Å². The molecule has 0 aliphatic rings. The monoisotopic (exact) mass is 270 g/mol. The lowest BCUT2D eigenvalue weighted by molar-refractivity contribution is 0.0938. The Morgan fingerprint density at radius 1 is 1.30 bits per heavy atom. The first kappa shape index (κ1) is 14.1. The van der Waals surface area contributed by atoms with Crippen LogP contribution < -0.4 is 10.1 Å². The van der Waals surface area contributed by atoms with E-state index in [9.17, 15) is 4.79 Å². The number of aryl methyl sites for hydroxylation is 1. The largest absolute Gasteiger partial charge is 0.497 e. The molecule has 0 saturated heterocycles. The van der Waals surface area contributed by atoms with Crippen molar-refractivity contribution in [1.29, 1.82) is 0 Å². The predicted octanol–water partition coefficient (Wildman–Crippen LogP) is 2.89. The van der Waals surface area contributed by atoms with Crippen LogP contribution in [0.2, 0.25) is 0 Å². The van der Waals surface area contributed by atoms with Gasteiger partial charge in [-0.1, -0.05) is 6.07 Å². The molecule has 4 heteroatoms. The van der Waals surface area contributed by atoms with E-state index in [4.69, 9.17) is 4.74 Å². The van der Waals surface area contributed by atoms with Gasteiger partial charge in [0.1, 0.15) is 5.75 Å². The van der Waals surface area contributed by atoms with Gasteiger partial charge < -0.3 is 10.1 Å². The minimum absolute atomic E-state index is 0.108. The van der Waals surface area contributed by atoms with Gasteiger partial charge in [0, 0.05) is 11.8 Å². The fourth-order valence-corrected chi connectivity index (χ4v) is 2.00. The second-order valence-corrected chi connectivity index (χ2v) is 4.63. The summed E-state index contributed by atoms with van der Waals surface area (Å²) in [5, 5.41) is 2.95. The number of benzene rings is 1. The standard InChI is InChI=1S/C16H18N2O2/c1-11-10-13(20-3)7-8-14(11)16(19)18-12(2)15-6-4-5-9-17-15/h4-10,12H,1-3H3,(H,18,19)/t12-/m0/s1. The molecule has 0 bridgehead atoms. The van der Waals surface area contributed by atoms with Gasteiger partial charge in [0.2, 0.25) is 0 Å². The number of pyridine rings is 1. The minimum atomic E-state index is -0.134. The first-order valence-electron chi connectivity index (χ1n) is 6.48. The summed E-state index contributed by atoms with van der Waals surface area (Å²) in [5.74, 6) is 0.639. The number of nitrogens with one attached hydrogen (secondary N) is 1. The average molecular weight is 270 g/mol. The number of hydrogen-bond acceptors (Lipinski definition) is 3. The summed E-state index contributed by atoms with van der Waals surface area (Å²) in [5.41, 5.74) is 2.37. The Balaban J connectivity index is 2.12. The van der Waals surface area contributed by atoms with Crippen LogP contribution >= 0.6 is 0 Å². The van der Waals surface area contributed by atoms with E-state index in [0.29, 0.717) is 5.56 Å². The molecule has 20 heavy (non-hydrogen) atoms. The van der Waals surface area contributed by atoms with Crippen molar-refractivity contribution < 1.29 is 9.53 Å². The molecule has 0 aliphatic carbocycles. The zero-order chi connectivity index (χ0) is 14.5. The molecule has 1 aromatic heterocycles.